The highest BCUT2D eigenvalue weighted by molar-refractivity contribution is 6.31. The van der Waals surface area contributed by atoms with Crippen LogP contribution < -0.4 is 5.32 Å². The normalized spacial score (nSPS) is 11.4. The van der Waals surface area contributed by atoms with Gasteiger partial charge in [0.05, 0.1) is 18.3 Å². The number of nitrogens with zero attached hydrogens (tertiary/aromatic N) is 2. The molecule has 4 nitrogen and oxygen atoms in total. The van der Waals surface area contributed by atoms with Gasteiger partial charge in [-0.25, -0.2) is 4.68 Å². The Kier molecular flexibility index (Phi) is 4.99. The molecule has 0 spiro atoms. The monoisotopic (exact) mass is 379 g/mol. The van der Waals surface area contributed by atoms with Crippen molar-refractivity contribution in [3.8, 4) is 0 Å². The van der Waals surface area contributed by atoms with E-state index >= 15 is 0 Å². The Bertz CT molecular complexity index is 937. The van der Waals surface area contributed by atoms with Gasteiger partial charge >= 0.3 is 6.18 Å². The van der Waals surface area contributed by atoms with Crippen molar-refractivity contribution in [1.29, 1.82) is 0 Å². The highest BCUT2D eigenvalue weighted by Crippen LogP contribution is 2.29. The quantitative estimate of drug-likeness (QED) is 0.704. The lowest BCUT2D eigenvalue weighted by atomic mass is 10.1. The maximum atomic E-state index is 12.8. The zero-order valence-corrected chi connectivity index (χ0v) is 14.1. The van der Waals surface area contributed by atoms with E-state index in [0.717, 1.165) is 17.7 Å². The van der Waals surface area contributed by atoms with E-state index in [0.29, 0.717) is 17.4 Å². The average molecular weight is 380 g/mol. The van der Waals surface area contributed by atoms with Gasteiger partial charge in [0, 0.05) is 16.7 Å². The summed E-state index contributed by atoms with van der Waals surface area (Å²) >= 11 is 6.12. The molecule has 134 valence electrons. The van der Waals surface area contributed by atoms with Crippen LogP contribution in [-0.4, -0.2) is 15.7 Å². The van der Waals surface area contributed by atoms with E-state index in [1.165, 1.54) is 23.0 Å². The van der Waals surface area contributed by atoms with Gasteiger partial charge in [-0.1, -0.05) is 35.9 Å². The van der Waals surface area contributed by atoms with E-state index in [4.69, 9.17) is 11.6 Å². The van der Waals surface area contributed by atoms with Gasteiger partial charge in [0.25, 0.3) is 5.91 Å². The first-order valence-electron chi connectivity index (χ1n) is 7.58. The Morgan fingerprint density at radius 2 is 1.88 bits per heavy atom. The molecule has 0 fully saturated rings. The number of rotatable bonds is 4. The number of nitrogens with one attached hydrogen (secondary N) is 1. The van der Waals surface area contributed by atoms with Crippen LogP contribution in [0.2, 0.25) is 5.02 Å². The van der Waals surface area contributed by atoms with Crippen LogP contribution in [0.5, 0.6) is 0 Å². The van der Waals surface area contributed by atoms with E-state index in [-0.39, 0.29) is 5.56 Å². The van der Waals surface area contributed by atoms with Gasteiger partial charge in [0.2, 0.25) is 0 Å². The van der Waals surface area contributed by atoms with Gasteiger partial charge in [0.1, 0.15) is 5.82 Å². The molecule has 0 bridgehead atoms. The SMILES string of the molecule is O=C(Nc1ccnn1Cc1ccccc1Cl)c1cccc(C(F)(F)F)c1. The lowest BCUT2D eigenvalue weighted by Crippen LogP contribution is -2.17. The highest BCUT2D eigenvalue weighted by atomic mass is 35.5. The molecule has 1 amide bonds. The number of anilines is 1. The van der Waals surface area contributed by atoms with Gasteiger partial charge in [-0.05, 0) is 29.8 Å². The molecule has 1 N–H and O–H groups in total. The predicted molar refractivity (Wildman–Crippen MR) is 92.2 cm³/mol. The zero-order chi connectivity index (χ0) is 18.7. The third-order valence-corrected chi connectivity index (χ3v) is 4.06. The minimum Gasteiger partial charge on any atom is -0.307 e. The molecule has 0 unspecified atom stereocenters. The number of halogens is 4. The van der Waals surface area contributed by atoms with Crippen molar-refractivity contribution in [2.75, 3.05) is 5.32 Å². The van der Waals surface area contributed by atoms with Crippen molar-refractivity contribution in [3.63, 3.8) is 0 Å². The second-order valence-electron chi connectivity index (χ2n) is 5.50. The Hall–Kier alpha value is -2.80. The molecule has 0 saturated heterocycles. The Morgan fingerprint density at radius 3 is 2.62 bits per heavy atom. The molecule has 1 heterocycles. The van der Waals surface area contributed by atoms with Crippen LogP contribution in [0.15, 0.2) is 60.8 Å². The van der Waals surface area contributed by atoms with E-state index < -0.39 is 17.6 Å². The number of hydrogen-bond donors (Lipinski definition) is 1. The number of alkyl halides is 3. The molecule has 0 saturated carbocycles. The fraction of sp³-hybridized carbons (Fsp3) is 0.111. The maximum absolute atomic E-state index is 12.8. The molecule has 0 radical (unpaired) electrons. The molecular weight excluding hydrogens is 367 g/mol. The Labute approximate surface area is 152 Å². The Balaban J connectivity index is 1.79. The van der Waals surface area contributed by atoms with Gasteiger partial charge in [0.15, 0.2) is 0 Å². The summed E-state index contributed by atoms with van der Waals surface area (Å²) < 4.78 is 39.9. The summed E-state index contributed by atoms with van der Waals surface area (Å²) in [5.74, 6) is -0.302. The molecule has 0 aliphatic heterocycles. The number of aromatic nitrogens is 2. The third kappa shape index (κ3) is 4.05. The van der Waals surface area contributed by atoms with Gasteiger partial charge in [-0.3, -0.25) is 4.79 Å². The number of benzene rings is 2. The largest absolute Gasteiger partial charge is 0.416 e. The smallest absolute Gasteiger partial charge is 0.307 e. The van der Waals surface area contributed by atoms with Crippen molar-refractivity contribution < 1.29 is 18.0 Å². The first-order valence-corrected chi connectivity index (χ1v) is 7.96. The van der Waals surface area contributed by atoms with Crippen LogP contribution in [0.4, 0.5) is 19.0 Å². The number of carbonyl (C=O) groups is 1. The van der Waals surface area contributed by atoms with E-state index in [1.807, 2.05) is 12.1 Å². The van der Waals surface area contributed by atoms with Gasteiger partial charge in [-0.2, -0.15) is 18.3 Å². The molecule has 26 heavy (non-hydrogen) atoms. The molecule has 1 aromatic heterocycles. The first-order chi connectivity index (χ1) is 12.3. The van der Waals surface area contributed by atoms with Crippen LogP contribution in [0.25, 0.3) is 0 Å². The maximum Gasteiger partial charge on any atom is 0.416 e. The minimum atomic E-state index is -4.51. The van der Waals surface area contributed by atoms with Crippen molar-refractivity contribution >= 4 is 23.3 Å². The molecule has 3 aromatic rings. The second kappa shape index (κ2) is 7.21. The highest BCUT2D eigenvalue weighted by Gasteiger charge is 2.30. The fourth-order valence-electron chi connectivity index (χ4n) is 2.38. The minimum absolute atomic E-state index is 0.0923. The van der Waals surface area contributed by atoms with Crippen LogP contribution in [0, 0.1) is 0 Å². The summed E-state index contributed by atoms with van der Waals surface area (Å²) in [5.41, 5.74) is -0.174. The third-order valence-electron chi connectivity index (χ3n) is 3.69. The molecule has 3 rings (SSSR count). The summed E-state index contributed by atoms with van der Waals surface area (Å²) in [6.07, 6.45) is -3.03. The lowest BCUT2D eigenvalue weighted by Gasteiger charge is -2.11. The summed E-state index contributed by atoms with van der Waals surface area (Å²) in [4.78, 5) is 12.3. The fourth-order valence-corrected chi connectivity index (χ4v) is 2.57. The molecular formula is C18H13ClF3N3O. The zero-order valence-electron chi connectivity index (χ0n) is 13.3. The molecule has 0 aliphatic rings. The molecule has 8 heteroatoms. The molecule has 0 aliphatic carbocycles. The van der Waals surface area contributed by atoms with E-state index in [9.17, 15) is 18.0 Å². The first kappa shape index (κ1) is 18.0. The van der Waals surface area contributed by atoms with Crippen molar-refractivity contribution in [2.24, 2.45) is 0 Å². The summed E-state index contributed by atoms with van der Waals surface area (Å²) in [6, 6.07) is 13.0. The topological polar surface area (TPSA) is 46.9 Å². The standard InChI is InChI=1S/C18H13ClF3N3O/c19-15-7-2-1-4-13(15)11-25-16(8-9-23-25)24-17(26)12-5-3-6-14(10-12)18(20,21)22/h1-10H,11H2,(H,24,26). The predicted octanol–water partition coefficient (Wildman–Crippen LogP) is 4.86. The van der Waals surface area contributed by atoms with Crippen LogP contribution in [-0.2, 0) is 12.7 Å². The van der Waals surface area contributed by atoms with E-state index in [1.54, 1.807) is 18.2 Å². The van der Waals surface area contributed by atoms with Crippen LogP contribution in [0.1, 0.15) is 21.5 Å². The van der Waals surface area contributed by atoms with Gasteiger partial charge < -0.3 is 5.32 Å². The summed E-state index contributed by atoms with van der Waals surface area (Å²) in [7, 11) is 0. The number of carbonyl (C=O) groups excluding carboxylic acids is 1. The average Bonchev–Trinajstić information content (AvgIpc) is 3.03. The van der Waals surface area contributed by atoms with Crippen LogP contribution >= 0.6 is 11.6 Å². The van der Waals surface area contributed by atoms with Crippen molar-refractivity contribution in [1.82, 2.24) is 9.78 Å². The number of amides is 1. The Morgan fingerprint density at radius 1 is 1.12 bits per heavy atom. The van der Waals surface area contributed by atoms with E-state index in [2.05, 4.69) is 10.4 Å². The summed E-state index contributed by atoms with van der Waals surface area (Å²) in [6.45, 7) is 0.310. The van der Waals surface area contributed by atoms with Crippen molar-refractivity contribution in [2.45, 2.75) is 12.7 Å². The van der Waals surface area contributed by atoms with Gasteiger partial charge in [-0.15, -0.1) is 0 Å². The second-order valence-corrected chi connectivity index (χ2v) is 5.91. The molecule has 2 aromatic carbocycles. The summed E-state index contributed by atoms with van der Waals surface area (Å²) in [5, 5.41) is 7.25. The van der Waals surface area contributed by atoms with Crippen molar-refractivity contribution in [3.05, 3.63) is 82.5 Å². The lowest BCUT2D eigenvalue weighted by molar-refractivity contribution is -0.137. The molecule has 0 atom stereocenters. The van der Waals surface area contributed by atoms with Crippen LogP contribution in [0.3, 0.4) is 0 Å². The number of hydrogen-bond acceptors (Lipinski definition) is 2.